The molecule has 4 rings (SSSR count). The molecule has 0 aromatic heterocycles. The summed E-state index contributed by atoms with van der Waals surface area (Å²) in [6.07, 6.45) is 14.3. The molecule has 43 heavy (non-hydrogen) atoms. The largest absolute Gasteiger partial charge is 0.461 e. The fourth-order valence-corrected chi connectivity index (χ4v) is 9.93. The first kappa shape index (κ1) is 34.3. The van der Waals surface area contributed by atoms with Gasteiger partial charge in [-0.15, -0.1) is 0 Å². The molecule has 3 fully saturated rings. The average molecular weight is 602 g/mol. The molecule has 0 radical (unpaired) electrons. The van der Waals surface area contributed by atoms with Crippen molar-refractivity contribution in [2.45, 2.75) is 163 Å². The molecule has 0 aromatic rings. The van der Waals surface area contributed by atoms with Crippen molar-refractivity contribution in [3.05, 3.63) is 11.6 Å². The summed E-state index contributed by atoms with van der Waals surface area (Å²) in [7, 11) is 0. The van der Waals surface area contributed by atoms with Crippen LogP contribution in [0.15, 0.2) is 11.6 Å². The summed E-state index contributed by atoms with van der Waals surface area (Å²) < 4.78 is 11.5. The van der Waals surface area contributed by atoms with Gasteiger partial charge in [0.05, 0.1) is 5.60 Å². The molecule has 0 unspecified atom stereocenters. The van der Waals surface area contributed by atoms with Crippen LogP contribution in [-0.4, -0.2) is 40.5 Å². The van der Waals surface area contributed by atoms with E-state index < -0.39 is 23.3 Å². The van der Waals surface area contributed by atoms with Crippen LogP contribution in [0.1, 0.15) is 140 Å². The number of fused-ring (bicyclic) bond motifs is 5. The minimum Gasteiger partial charge on any atom is -0.461 e. The lowest BCUT2D eigenvalue weighted by Gasteiger charge is -2.58. The Hall–Kier alpha value is -1.56. The molecular weight excluding hydrogens is 538 g/mol. The molecule has 2 N–H and O–H groups in total. The molecule has 3 saturated carbocycles. The Balaban J connectivity index is 1.39. The number of alkyl carbamates (subject to hydrolysis) is 1. The van der Waals surface area contributed by atoms with E-state index in [1.54, 1.807) is 0 Å². The van der Waals surface area contributed by atoms with E-state index in [1.807, 2.05) is 48.5 Å². The van der Waals surface area contributed by atoms with Crippen LogP contribution in [0.3, 0.4) is 0 Å². The summed E-state index contributed by atoms with van der Waals surface area (Å²) in [5.41, 5.74) is 0.927. The van der Waals surface area contributed by atoms with Gasteiger partial charge in [0.15, 0.2) is 0 Å². The van der Waals surface area contributed by atoms with Gasteiger partial charge in [0.2, 0.25) is 0 Å². The number of hydrogen-bond acceptors (Lipinski definition) is 5. The van der Waals surface area contributed by atoms with Crippen LogP contribution in [-0.2, 0) is 14.3 Å². The topological polar surface area (TPSA) is 84.9 Å². The summed E-state index contributed by atoms with van der Waals surface area (Å²) in [5.74, 6) is 3.31. The molecular formula is C37H63NO5. The minimum atomic E-state index is -0.725. The van der Waals surface area contributed by atoms with Crippen LogP contribution in [0.2, 0.25) is 0 Å². The first-order chi connectivity index (χ1) is 19.8. The van der Waals surface area contributed by atoms with Gasteiger partial charge in [-0.2, -0.15) is 0 Å². The lowest BCUT2D eigenvalue weighted by molar-refractivity contribution is -0.155. The van der Waals surface area contributed by atoms with E-state index in [4.69, 9.17) is 9.47 Å². The molecule has 0 spiro atoms. The SMILES string of the molecule is CC(C)[C@@H](NC(=O)OC(C)(C)C)C(=O)O[C@H]1CC[C@@]2(C)C(=CC[C@H]3[C@@H]4CC[C@H]([C@H](C)CCCC(C)(C)O)[C@@]4(C)CC[C@@H]32)C1. The predicted octanol–water partition coefficient (Wildman–Crippen LogP) is 8.60. The van der Waals surface area contributed by atoms with E-state index in [9.17, 15) is 14.7 Å². The number of carbonyl (C=O) groups is 2. The van der Waals surface area contributed by atoms with Crippen molar-refractivity contribution in [1.29, 1.82) is 0 Å². The molecule has 6 nitrogen and oxygen atoms in total. The van der Waals surface area contributed by atoms with Gasteiger partial charge in [-0.1, -0.05) is 59.1 Å². The number of allylic oxidation sites excluding steroid dienone is 1. The van der Waals surface area contributed by atoms with E-state index in [0.29, 0.717) is 17.3 Å². The van der Waals surface area contributed by atoms with Crippen molar-refractivity contribution >= 4 is 12.1 Å². The Morgan fingerprint density at radius 3 is 2.35 bits per heavy atom. The Labute approximate surface area is 262 Å². The smallest absolute Gasteiger partial charge is 0.408 e. The van der Waals surface area contributed by atoms with Crippen LogP contribution >= 0.6 is 0 Å². The zero-order valence-electron chi connectivity index (χ0n) is 29.1. The highest BCUT2D eigenvalue weighted by Gasteiger charge is 2.59. The Morgan fingerprint density at radius 1 is 1.02 bits per heavy atom. The number of aliphatic hydroxyl groups is 1. The summed E-state index contributed by atoms with van der Waals surface area (Å²) in [6, 6.07) is -0.725. The standard InChI is InChI=1S/C37H63NO5/c1-23(2)31(38-33(40)43-34(4,5)6)32(39)42-26-17-20-36(9)25(22-26)13-14-27-29-16-15-28(37(29,10)21-18-30(27)36)24(3)12-11-19-35(7,8)41/h13,23-24,26-31,41H,11-12,14-22H2,1-10H3,(H,38,40)/t24-,26+,27+,28-,29+,30+,31-,36+,37-/m1/s1. The quantitative estimate of drug-likeness (QED) is 0.204. The number of ether oxygens (including phenoxy) is 2. The predicted molar refractivity (Wildman–Crippen MR) is 172 cm³/mol. The average Bonchev–Trinajstić information content (AvgIpc) is 3.22. The van der Waals surface area contributed by atoms with Crippen LogP contribution in [0.25, 0.3) is 0 Å². The van der Waals surface area contributed by atoms with Crippen LogP contribution in [0.4, 0.5) is 4.79 Å². The zero-order valence-corrected chi connectivity index (χ0v) is 29.1. The van der Waals surface area contributed by atoms with Crippen molar-refractivity contribution in [3.63, 3.8) is 0 Å². The highest BCUT2D eigenvalue weighted by molar-refractivity contribution is 5.81. The van der Waals surface area contributed by atoms with Gasteiger partial charge in [0.25, 0.3) is 0 Å². The van der Waals surface area contributed by atoms with Gasteiger partial charge in [0, 0.05) is 6.42 Å². The molecule has 0 heterocycles. The molecule has 0 aromatic carbocycles. The summed E-state index contributed by atoms with van der Waals surface area (Å²) in [6.45, 7) is 20.8. The van der Waals surface area contributed by atoms with Crippen LogP contribution in [0, 0.1) is 46.3 Å². The maximum atomic E-state index is 13.3. The van der Waals surface area contributed by atoms with Gasteiger partial charge in [0.1, 0.15) is 17.7 Å². The van der Waals surface area contributed by atoms with Crippen molar-refractivity contribution in [2.24, 2.45) is 46.3 Å². The molecule has 4 aliphatic carbocycles. The summed E-state index contributed by atoms with van der Waals surface area (Å²) >= 11 is 0. The normalized spacial score (nSPS) is 35.6. The van der Waals surface area contributed by atoms with E-state index in [0.717, 1.165) is 56.3 Å². The first-order valence-electron chi connectivity index (χ1n) is 17.5. The molecule has 0 bridgehead atoms. The fraction of sp³-hybridized carbons (Fsp3) is 0.892. The van der Waals surface area contributed by atoms with Crippen molar-refractivity contribution in [1.82, 2.24) is 5.32 Å². The third-order valence-electron chi connectivity index (χ3n) is 12.1. The van der Waals surface area contributed by atoms with Gasteiger partial charge in [-0.3, -0.25) is 0 Å². The Kier molecular flexibility index (Phi) is 10.1. The lowest BCUT2D eigenvalue weighted by atomic mass is 9.47. The van der Waals surface area contributed by atoms with Crippen molar-refractivity contribution in [3.8, 4) is 0 Å². The first-order valence-corrected chi connectivity index (χ1v) is 17.5. The lowest BCUT2D eigenvalue weighted by Crippen LogP contribution is -2.51. The van der Waals surface area contributed by atoms with Gasteiger partial charge in [-0.05, 0) is 132 Å². The monoisotopic (exact) mass is 601 g/mol. The fourth-order valence-electron chi connectivity index (χ4n) is 9.93. The van der Waals surface area contributed by atoms with Crippen LogP contribution < -0.4 is 5.32 Å². The van der Waals surface area contributed by atoms with E-state index in [-0.39, 0.29) is 23.4 Å². The number of esters is 1. The molecule has 246 valence electrons. The van der Waals surface area contributed by atoms with E-state index >= 15 is 0 Å². The highest BCUT2D eigenvalue weighted by Crippen LogP contribution is 2.67. The number of nitrogens with one attached hydrogen (secondary N) is 1. The number of rotatable bonds is 9. The Bertz CT molecular complexity index is 1040. The maximum Gasteiger partial charge on any atom is 0.408 e. The summed E-state index contributed by atoms with van der Waals surface area (Å²) in [5, 5.41) is 13.0. The third-order valence-corrected chi connectivity index (χ3v) is 12.1. The van der Waals surface area contributed by atoms with Crippen LogP contribution in [0.5, 0.6) is 0 Å². The van der Waals surface area contributed by atoms with Gasteiger partial charge >= 0.3 is 12.1 Å². The van der Waals surface area contributed by atoms with E-state index in [2.05, 4.69) is 32.2 Å². The van der Waals surface area contributed by atoms with Gasteiger partial charge in [-0.25, -0.2) is 9.59 Å². The number of amides is 1. The maximum absolute atomic E-state index is 13.3. The van der Waals surface area contributed by atoms with Gasteiger partial charge < -0.3 is 19.9 Å². The molecule has 9 atom stereocenters. The number of hydrogen-bond donors (Lipinski definition) is 2. The third kappa shape index (κ3) is 7.64. The minimum absolute atomic E-state index is 0.0976. The molecule has 6 heteroatoms. The Morgan fingerprint density at radius 2 is 1.72 bits per heavy atom. The second-order valence-electron chi connectivity index (χ2n) is 17.3. The number of carbonyl (C=O) groups excluding carboxylic acids is 2. The molecule has 0 aliphatic heterocycles. The van der Waals surface area contributed by atoms with Crippen molar-refractivity contribution in [2.75, 3.05) is 0 Å². The molecule has 1 amide bonds. The highest BCUT2D eigenvalue weighted by atomic mass is 16.6. The second kappa shape index (κ2) is 12.7. The zero-order chi connectivity index (χ0) is 32.0. The molecule has 4 aliphatic rings. The second-order valence-corrected chi connectivity index (χ2v) is 17.3. The van der Waals surface area contributed by atoms with Crippen molar-refractivity contribution < 1.29 is 24.2 Å². The molecule has 0 saturated heterocycles. The van der Waals surface area contributed by atoms with E-state index in [1.165, 1.54) is 37.7 Å². The summed E-state index contributed by atoms with van der Waals surface area (Å²) in [4.78, 5) is 25.7.